The fourth-order valence-electron chi connectivity index (χ4n) is 0.975. The van der Waals surface area contributed by atoms with Crippen molar-refractivity contribution in [2.24, 2.45) is 17.6 Å². The van der Waals surface area contributed by atoms with E-state index in [4.69, 9.17) is 5.73 Å². The molecule has 0 heterocycles. The molecule has 0 aromatic heterocycles. The van der Waals surface area contributed by atoms with E-state index in [2.05, 4.69) is 0 Å². The summed E-state index contributed by atoms with van der Waals surface area (Å²) in [5.41, 5.74) is 5.18. The van der Waals surface area contributed by atoms with E-state index in [1.165, 1.54) is 0 Å². The molecule has 0 aliphatic carbocycles. The van der Waals surface area contributed by atoms with E-state index in [-0.39, 0.29) is 11.8 Å². The summed E-state index contributed by atoms with van der Waals surface area (Å²) in [6.45, 7) is 7.40. The van der Waals surface area contributed by atoms with Gasteiger partial charge >= 0.3 is 0 Å². The zero-order chi connectivity index (χ0) is 8.36. The van der Waals surface area contributed by atoms with Crippen molar-refractivity contribution in [3.8, 4) is 0 Å². The maximum Gasteiger partial charge on any atom is 0.108 e. The molecule has 0 radical (unpaired) electrons. The first-order valence-electron chi connectivity index (χ1n) is 3.80. The average Bonchev–Trinajstić information content (AvgIpc) is 1.85. The van der Waals surface area contributed by atoms with Gasteiger partial charge in [-0.15, -0.1) is 0 Å². The number of hydrogen-bond acceptors (Lipinski definition) is 1. The zero-order valence-electron chi connectivity index (χ0n) is 7.32. The van der Waals surface area contributed by atoms with E-state index >= 15 is 0 Å². The minimum Gasteiger partial charge on any atom is -0.322 e. The first kappa shape index (κ1) is 9.89. The van der Waals surface area contributed by atoms with E-state index in [0.29, 0.717) is 0 Å². The van der Waals surface area contributed by atoms with E-state index in [1.54, 1.807) is 0 Å². The van der Waals surface area contributed by atoms with Crippen LogP contribution in [0.15, 0.2) is 0 Å². The van der Waals surface area contributed by atoms with Crippen molar-refractivity contribution < 1.29 is 4.39 Å². The lowest BCUT2D eigenvalue weighted by atomic mass is 9.79. The van der Waals surface area contributed by atoms with Crippen LogP contribution in [0.4, 0.5) is 4.39 Å². The second-order valence-corrected chi connectivity index (χ2v) is 3.56. The molecule has 62 valence electrons. The molecule has 0 aromatic rings. The largest absolute Gasteiger partial charge is 0.322 e. The highest BCUT2D eigenvalue weighted by Crippen LogP contribution is 2.23. The lowest BCUT2D eigenvalue weighted by Crippen LogP contribution is -2.51. The third-order valence-electron chi connectivity index (χ3n) is 2.38. The highest BCUT2D eigenvalue weighted by molar-refractivity contribution is 4.89. The van der Waals surface area contributed by atoms with Crippen molar-refractivity contribution in [1.29, 1.82) is 0 Å². The molecule has 0 bridgehead atoms. The highest BCUT2D eigenvalue weighted by Gasteiger charge is 2.32. The van der Waals surface area contributed by atoms with Gasteiger partial charge in [0.25, 0.3) is 0 Å². The Balaban J connectivity index is 4.23. The normalized spacial score (nSPS) is 13.2. The van der Waals surface area contributed by atoms with Gasteiger partial charge in [0.05, 0.1) is 0 Å². The van der Waals surface area contributed by atoms with E-state index in [0.717, 1.165) is 0 Å². The van der Waals surface area contributed by atoms with Gasteiger partial charge in [0.2, 0.25) is 0 Å². The molecule has 0 saturated carbocycles. The molecule has 2 heteroatoms. The Labute approximate surface area is 62.8 Å². The van der Waals surface area contributed by atoms with Crippen LogP contribution in [0.25, 0.3) is 0 Å². The molecule has 0 saturated heterocycles. The summed E-state index contributed by atoms with van der Waals surface area (Å²) in [6.07, 6.45) is 0. The number of alkyl halides is 1. The van der Waals surface area contributed by atoms with Gasteiger partial charge in [0.15, 0.2) is 0 Å². The minimum atomic E-state index is -0.625. The number of hydrogen-bond donors (Lipinski definition) is 1. The van der Waals surface area contributed by atoms with Crippen LogP contribution < -0.4 is 5.73 Å². The van der Waals surface area contributed by atoms with Crippen LogP contribution in [-0.4, -0.2) is 12.2 Å². The SMILES string of the molecule is CC(C)C(N)(CF)C(C)C. The summed E-state index contributed by atoms with van der Waals surface area (Å²) in [6, 6.07) is 0. The average molecular weight is 147 g/mol. The monoisotopic (exact) mass is 147 g/mol. The Bertz CT molecular complexity index is 91.4. The molecule has 0 aliphatic heterocycles. The van der Waals surface area contributed by atoms with Crippen molar-refractivity contribution in [3.63, 3.8) is 0 Å². The first-order valence-corrected chi connectivity index (χ1v) is 3.80. The molecule has 10 heavy (non-hydrogen) atoms. The van der Waals surface area contributed by atoms with Crippen LogP contribution in [0.5, 0.6) is 0 Å². The van der Waals surface area contributed by atoms with Crippen molar-refractivity contribution in [2.75, 3.05) is 6.67 Å². The summed E-state index contributed by atoms with van der Waals surface area (Å²) in [7, 11) is 0. The van der Waals surface area contributed by atoms with Gasteiger partial charge in [-0.2, -0.15) is 0 Å². The molecule has 0 amide bonds. The molecule has 2 N–H and O–H groups in total. The second-order valence-electron chi connectivity index (χ2n) is 3.56. The van der Waals surface area contributed by atoms with Crippen molar-refractivity contribution in [3.05, 3.63) is 0 Å². The molecule has 0 aromatic carbocycles. The van der Waals surface area contributed by atoms with Crippen LogP contribution in [0.1, 0.15) is 27.7 Å². The Morgan fingerprint density at radius 3 is 1.50 bits per heavy atom. The van der Waals surface area contributed by atoms with E-state index in [9.17, 15) is 4.39 Å². The molecule has 1 nitrogen and oxygen atoms in total. The number of halogens is 1. The van der Waals surface area contributed by atoms with E-state index in [1.807, 2.05) is 27.7 Å². The lowest BCUT2D eigenvalue weighted by Gasteiger charge is -2.34. The topological polar surface area (TPSA) is 26.0 Å². The van der Waals surface area contributed by atoms with Crippen LogP contribution in [0, 0.1) is 11.8 Å². The predicted octanol–water partition coefficient (Wildman–Crippen LogP) is 1.97. The van der Waals surface area contributed by atoms with Gasteiger partial charge in [0.1, 0.15) is 6.67 Å². The molecule has 0 spiro atoms. The Kier molecular flexibility index (Phi) is 3.29. The van der Waals surface area contributed by atoms with Gasteiger partial charge in [-0.3, -0.25) is 0 Å². The van der Waals surface area contributed by atoms with Crippen LogP contribution in [0.2, 0.25) is 0 Å². The van der Waals surface area contributed by atoms with Gasteiger partial charge in [-0.05, 0) is 11.8 Å². The fourth-order valence-corrected chi connectivity index (χ4v) is 0.975. The fraction of sp³-hybridized carbons (Fsp3) is 1.00. The molecular formula is C8H18FN. The molecule has 0 atom stereocenters. The Morgan fingerprint density at radius 2 is 1.50 bits per heavy atom. The maximum absolute atomic E-state index is 12.4. The molecule has 0 fully saturated rings. The third kappa shape index (κ3) is 1.69. The summed E-state index contributed by atoms with van der Waals surface area (Å²) in [5, 5.41) is 0. The molecule has 0 aliphatic rings. The van der Waals surface area contributed by atoms with Crippen LogP contribution >= 0.6 is 0 Å². The third-order valence-corrected chi connectivity index (χ3v) is 2.38. The molecular weight excluding hydrogens is 129 g/mol. The molecule has 0 unspecified atom stereocenters. The smallest absolute Gasteiger partial charge is 0.108 e. The Hall–Kier alpha value is -0.110. The Morgan fingerprint density at radius 1 is 1.20 bits per heavy atom. The summed E-state index contributed by atoms with van der Waals surface area (Å²) < 4.78 is 12.4. The number of nitrogens with two attached hydrogens (primary N) is 1. The summed E-state index contributed by atoms with van der Waals surface area (Å²) >= 11 is 0. The van der Waals surface area contributed by atoms with Crippen LogP contribution in [0.3, 0.4) is 0 Å². The van der Waals surface area contributed by atoms with Gasteiger partial charge < -0.3 is 5.73 Å². The van der Waals surface area contributed by atoms with Crippen molar-refractivity contribution in [1.82, 2.24) is 0 Å². The maximum atomic E-state index is 12.4. The molecule has 0 rings (SSSR count). The van der Waals surface area contributed by atoms with Crippen molar-refractivity contribution in [2.45, 2.75) is 33.2 Å². The van der Waals surface area contributed by atoms with E-state index < -0.39 is 12.2 Å². The summed E-state index contributed by atoms with van der Waals surface area (Å²) in [4.78, 5) is 0. The lowest BCUT2D eigenvalue weighted by molar-refractivity contribution is 0.172. The van der Waals surface area contributed by atoms with Crippen molar-refractivity contribution >= 4 is 0 Å². The van der Waals surface area contributed by atoms with Gasteiger partial charge in [-0.25, -0.2) is 4.39 Å². The standard InChI is InChI=1S/C8H18FN/c1-6(2)8(10,5-9)7(3)4/h6-7H,5,10H2,1-4H3. The second kappa shape index (κ2) is 3.33. The zero-order valence-corrected chi connectivity index (χ0v) is 7.32. The minimum absolute atomic E-state index is 0.206. The van der Waals surface area contributed by atoms with Crippen LogP contribution in [-0.2, 0) is 0 Å². The number of rotatable bonds is 3. The summed E-state index contributed by atoms with van der Waals surface area (Å²) in [5.74, 6) is 0.412. The predicted molar refractivity (Wildman–Crippen MR) is 42.6 cm³/mol. The first-order chi connectivity index (χ1) is 4.45. The highest BCUT2D eigenvalue weighted by atomic mass is 19.1. The van der Waals surface area contributed by atoms with Gasteiger partial charge in [-0.1, -0.05) is 27.7 Å². The van der Waals surface area contributed by atoms with Gasteiger partial charge in [0, 0.05) is 5.54 Å². The quantitative estimate of drug-likeness (QED) is 0.649.